The quantitative estimate of drug-likeness (QED) is 0.771. The number of rotatable bonds is 8. The maximum absolute atomic E-state index is 12.8. The van der Waals surface area contributed by atoms with E-state index < -0.39 is 0 Å². The first-order valence-corrected chi connectivity index (χ1v) is 8.99. The summed E-state index contributed by atoms with van der Waals surface area (Å²) in [6, 6.07) is 15.6. The Kier molecular flexibility index (Phi) is 6.12. The van der Waals surface area contributed by atoms with Gasteiger partial charge < -0.3 is 19.7 Å². The lowest BCUT2D eigenvalue weighted by Gasteiger charge is -2.23. The smallest absolute Gasteiger partial charge is 0.321 e. The SMILES string of the molecule is COCCN(CC1CC1)C(=O)Nc1ccccc1-c1ccc(OC)cc1. The molecule has 0 heterocycles. The lowest BCUT2D eigenvalue weighted by molar-refractivity contribution is 0.153. The van der Waals surface area contributed by atoms with Crippen molar-refractivity contribution < 1.29 is 14.3 Å². The van der Waals surface area contributed by atoms with Gasteiger partial charge in [-0.15, -0.1) is 0 Å². The lowest BCUT2D eigenvalue weighted by Crippen LogP contribution is -2.38. The molecule has 0 saturated heterocycles. The summed E-state index contributed by atoms with van der Waals surface area (Å²) < 4.78 is 10.4. The minimum atomic E-state index is -0.0742. The summed E-state index contributed by atoms with van der Waals surface area (Å²) in [4.78, 5) is 14.7. The van der Waals surface area contributed by atoms with Crippen LogP contribution in [0.15, 0.2) is 48.5 Å². The highest BCUT2D eigenvalue weighted by molar-refractivity contribution is 5.94. The Balaban J connectivity index is 1.76. The number of anilines is 1. The van der Waals surface area contributed by atoms with Gasteiger partial charge in [0.1, 0.15) is 5.75 Å². The Bertz CT molecular complexity index is 726. The zero-order chi connectivity index (χ0) is 18.4. The third kappa shape index (κ3) is 4.76. The molecule has 1 N–H and O–H groups in total. The molecule has 5 heteroatoms. The predicted octanol–water partition coefficient (Wildman–Crippen LogP) is 4.25. The Hall–Kier alpha value is -2.53. The second-order valence-electron chi connectivity index (χ2n) is 6.59. The molecule has 0 spiro atoms. The summed E-state index contributed by atoms with van der Waals surface area (Å²) in [5.41, 5.74) is 2.83. The molecule has 2 aromatic carbocycles. The Morgan fingerprint density at radius 2 is 1.85 bits per heavy atom. The fourth-order valence-electron chi connectivity index (χ4n) is 2.90. The molecule has 26 heavy (non-hydrogen) atoms. The van der Waals surface area contributed by atoms with Crippen molar-refractivity contribution in [2.45, 2.75) is 12.8 Å². The number of carbonyl (C=O) groups is 1. The van der Waals surface area contributed by atoms with Crippen molar-refractivity contribution in [3.05, 3.63) is 48.5 Å². The summed E-state index contributed by atoms with van der Waals surface area (Å²) in [6.45, 7) is 1.93. The summed E-state index contributed by atoms with van der Waals surface area (Å²) in [5, 5.41) is 3.08. The molecule has 0 aromatic heterocycles. The predicted molar refractivity (Wildman–Crippen MR) is 104 cm³/mol. The molecular formula is C21H26N2O3. The third-order valence-corrected chi connectivity index (χ3v) is 4.60. The second-order valence-corrected chi connectivity index (χ2v) is 6.59. The number of methoxy groups -OCH3 is 2. The number of carbonyl (C=O) groups excluding carboxylic acids is 1. The number of para-hydroxylation sites is 1. The summed E-state index contributed by atoms with van der Waals surface area (Å²) in [5.74, 6) is 1.44. The van der Waals surface area contributed by atoms with Crippen molar-refractivity contribution in [2.75, 3.05) is 39.2 Å². The number of nitrogens with zero attached hydrogens (tertiary/aromatic N) is 1. The Morgan fingerprint density at radius 1 is 1.12 bits per heavy atom. The van der Waals surface area contributed by atoms with Crippen LogP contribution in [0.25, 0.3) is 11.1 Å². The molecule has 1 aliphatic carbocycles. The number of urea groups is 1. The van der Waals surface area contributed by atoms with Gasteiger partial charge in [0, 0.05) is 25.8 Å². The largest absolute Gasteiger partial charge is 0.497 e. The molecule has 2 amide bonds. The van der Waals surface area contributed by atoms with Crippen LogP contribution in [0.3, 0.4) is 0 Å². The average Bonchev–Trinajstić information content (AvgIpc) is 3.50. The fraction of sp³-hybridized carbons (Fsp3) is 0.381. The second kappa shape index (κ2) is 8.72. The molecule has 1 fully saturated rings. The molecule has 2 aromatic rings. The number of amides is 2. The highest BCUT2D eigenvalue weighted by atomic mass is 16.5. The number of benzene rings is 2. The van der Waals surface area contributed by atoms with Gasteiger partial charge in [0.2, 0.25) is 0 Å². The minimum absolute atomic E-state index is 0.0742. The first kappa shape index (κ1) is 18.3. The molecule has 3 rings (SSSR count). The van der Waals surface area contributed by atoms with Gasteiger partial charge in [-0.1, -0.05) is 30.3 Å². The number of hydrogen-bond acceptors (Lipinski definition) is 3. The van der Waals surface area contributed by atoms with Gasteiger partial charge in [0.05, 0.1) is 19.4 Å². The van der Waals surface area contributed by atoms with Crippen molar-refractivity contribution in [1.29, 1.82) is 0 Å². The van der Waals surface area contributed by atoms with Crippen LogP contribution >= 0.6 is 0 Å². The molecule has 0 unspecified atom stereocenters. The minimum Gasteiger partial charge on any atom is -0.497 e. The Labute approximate surface area is 154 Å². The van der Waals surface area contributed by atoms with Gasteiger partial charge in [0.25, 0.3) is 0 Å². The maximum Gasteiger partial charge on any atom is 0.321 e. The maximum atomic E-state index is 12.8. The molecule has 0 atom stereocenters. The van der Waals surface area contributed by atoms with Gasteiger partial charge >= 0.3 is 6.03 Å². The van der Waals surface area contributed by atoms with Crippen LogP contribution in [0.1, 0.15) is 12.8 Å². The standard InChI is InChI=1S/C21H26N2O3/c1-25-14-13-23(15-16-7-8-16)21(24)22-20-6-4-3-5-19(20)17-9-11-18(26-2)12-10-17/h3-6,9-12,16H,7-8,13-15H2,1-2H3,(H,22,24). The van der Waals surface area contributed by atoms with Crippen molar-refractivity contribution in [3.8, 4) is 16.9 Å². The van der Waals surface area contributed by atoms with E-state index in [0.29, 0.717) is 19.1 Å². The van der Waals surface area contributed by atoms with Crippen molar-refractivity contribution in [3.63, 3.8) is 0 Å². The molecule has 5 nitrogen and oxygen atoms in total. The van der Waals surface area contributed by atoms with Gasteiger partial charge in [-0.3, -0.25) is 0 Å². The molecule has 0 bridgehead atoms. The van der Waals surface area contributed by atoms with E-state index in [4.69, 9.17) is 9.47 Å². The van der Waals surface area contributed by atoms with E-state index >= 15 is 0 Å². The molecule has 1 saturated carbocycles. The van der Waals surface area contributed by atoms with E-state index in [1.165, 1.54) is 12.8 Å². The van der Waals surface area contributed by atoms with Crippen LogP contribution in [-0.4, -0.2) is 44.8 Å². The number of nitrogens with one attached hydrogen (secondary N) is 1. The monoisotopic (exact) mass is 354 g/mol. The van der Waals surface area contributed by atoms with E-state index in [9.17, 15) is 4.79 Å². The van der Waals surface area contributed by atoms with Crippen LogP contribution in [0.5, 0.6) is 5.75 Å². The van der Waals surface area contributed by atoms with Crippen LogP contribution in [0, 0.1) is 5.92 Å². The van der Waals surface area contributed by atoms with Gasteiger partial charge in [-0.2, -0.15) is 0 Å². The van der Waals surface area contributed by atoms with Crippen molar-refractivity contribution in [1.82, 2.24) is 4.90 Å². The normalized spacial score (nSPS) is 13.3. The van der Waals surface area contributed by atoms with E-state index in [1.807, 2.05) is 53.4 Å². The lowest BCUT2D eigenvalue weighted by atomic mass is 10.0. The highest BCUT2D eigenvalue weighted by Gasteiger charge is 2.27. The van der Waals surface area contributed by atoms with Crippen LogP contribution in [0.4, 0.5) is 10.5 Å². The third-order valence-electron chi connectivity index (χ3n) is 4.60. The number of ether oxygens (including phenoxy) is 2. The zero-order valence-corrected chi connectivity index (χ0v) is 15.4. The van der Waals surface area contributed by atoms with Crippen LogP contribution in [-0.2, 0) is 4.74 Å². The zero-order valence-electron chi connectivity index (χ0n) is 15.4. The average molecular weight is 354 g/mol. The molecule has 138 valence electrons. The summed E-state index contributed by atoms with van der Waals surface area (Å²) in [6.07, 6.45) is 2.42. The first-order valence-electron chi connectivity index (χ1n) is 8.99. The van der Waals surface area contributed by atoms with Crippen molar-refractivity contribution >= 4 is 11.7 Å². The summed E-state index contributed by atoms with van der Waals surface area (Å²) >= 11 is 0. The number of hydrogen-bond donors (Lipinski definition) is 1. The van der Waals surface area contributed by atoms with Crippen LogP contribution in [0.2, 0.25) is 0 Å². The van der Waals surface area contributed by atoms with Crippen molar-refractivity contribution in [2.24, 2.45) is 5.92 Å². The first-order chi connectivity index (χ1) is 12.7. The van der Waals surface area contributed by atoms with E-state index in [-0.39, 0.29) is 6.03 Å². The van der Waals surface area contributed by atoms with E-state index in [1.54, 1.807) is 14.2 Å². The summed E-state index contributed by atoms with van der Waals surface area (Å²) in [7, 11) is 3.31. The van der Waals surface area contributed by atoms with Gasteiger partial charge in [-0.05, 0) is 42.5 Å². The van der Waals surface area contributed by atoms with Crippen LogP contribution < -0.4 is 10.1 Å². The molecule has 0 aliphatic heterocycles. The topological polar surface area (TPSA) is 50.8 Å². The Morgan fingerprint density at radius 3 is 2.50 bits per heavy atom. The molecular weight excluding hydrogens is 328 g/mol. The highest BCUT2D eigenvalue weighted by Crippen LogP contribution is 2.31. The van der Waals surface area contributed by atoms with Gasteiger partial charge in [-0.25, -0.2) is 4.79 Å². The molecule has 1 aliphatic rings. The van der Waals surface area contributed by atoms with E-state index in [0.717, 1.165) is 29.1 Å². The molecule has 0 radical (unpaired) electrons. The van der Waals surface area contributed by atoms with Gasteiger partial charge in [0.15, 0.2) is 0 Å². The van der Waals surface area contributed by atoms with E-state index in [2.05, 4.69) is 5.32 Å². The fourth-order valence-corrected chi connectivity index (χ4v) is 2.90.